The molecular formula is C11H24N2O3. The minimum atomic E-state index is -0.513. The lowest BCUT2D eigenvalue weighted by Crippen LogP contribution is -2.38. The van der Waals surface area contributed by atoms with Gasteiger partial charge >= 0.3 is 6.03 Å². The summed E-state index contributed by atoms with van der Waals surface area (Å²) in [4.78, 5) is 11.2. The topological polar surface area (TPSA) is 70.6 Å². The zero-order valence-corrected chi connectivity index (χ0v) is 10.5. The maximum Gasteiger partial charge on any atom is 0.314 e. The van der Waals surface area contributed by atoms with Crippen molar-refractivity contribution >= 4 is 6.03 Å². The normalized spacial score (nSPS) is 12.6. The fraction of sp³-hybridized carbons (Fsp3) is 0.909. The van der Waals surface area contributed by atoms with Gasteiger partial charge in [-0.2, -0.15) is 0 Å². The number of amides is 2. The first-order valence-corrected chi connectivity index (χ1v) is 5.75. The second-order valence-corrected chi connectivity index (χ2v) is 4.26. The molecular weight excluding hydrogens is 208 g/mol. The summed E-state index contributed by atoms with van der Waals surface area (Å²) < 4.78 is 4.77. The first kappa shape index (κ1) is 15.2. The van der Waals surface area contributed by atoms with Crippen LogP contribution in [0, 0.1) is 5.92 Å². The van der Waals surface area contributed by atoms with E-state index in [4.69, 9.17) is 4.74 Å². The Morgan fingerprint density at radius 2 is 1.81 bits per heavy atom. The van der Waals surface area contributed by atoms with Gasteiger partial charge in [0.2, 0.25) is 0 Å². The van der Waals surface area contributed by atoms with Crippen molar-refractivity contribution in [3.05, 3.63) is 0 Å². The summed E-state index contributed by atoms with van der Waals surface area (Å²) in [6, 6.07) is -0.176. The lowest BCUT2D eigenvalue weighted by atomic mass is 10.1. The van der Waals surface area contributed by atoms with E-state index in [1.807, 2.05) is 0 Å². The van der Waals surface area contributed by atoms with E-state index in [9.17, 15) is 9.90 Å². The highest BCUT2D eigenvalue weighted by Gasteiger charge is 2.04. The van der Waals surface area contributed by atoms with E-state index >= 15 is 0 Å². The van der Waals surface area contributed by atoms with Crippen molar-refractivity contribution in [1.82, 2.24) is 10.6 Å². The molecule has 0 bridgehead atoms. The number of methoxy groups -OCH3 is 1. The van der Waals surface area contributed by atoms with E-state index in [0.717, 1.165) is 6.42 Å². The Morgan fingerprint density at radius 1 is 1.25 bits per heavy atom. The van der Waals surface area contributed by atoms with E-state index in [1.165, 1.54) is 7.11 Å². The summed E-state index contributed by atoms with van der Waals surface area (Å²) in [5.74, 6) is 0.587. The minimum Gasteiger partial charge on any atom is -0.391 e. The van der Waals surface area contributed by atoms with Crippen LogP contribution in [0.3, 0.4) is 0 Å². The predicted octanol–water partition coefficient (Wildman–Crippen LogP) is 0.729. The molecule has 0 aliphatic heterocycles. The van der Waals surface area contributed by atoms with Crippen LogP contribution in [-0.2, 0) is 4.74 Å². The lowest BCUT2D eigenvalue weighted by molar-refractivity contribution is 0.0598. The molecule has 0 saturated heterocycles. The largest absolute Gasteiger partial charge is 0.391 e. The smallest absolute Gasteiger partial charge is 0.314 e. The first-order valence-electron chi connectivity index (χ1n) is 5.75. The fourth-order valence-electron chi connectivity index (χ4n) is 1.16. The van der Waals surface area contributed by atoms with Gasteiger partial charge in [0.1, 0.15) is 0 Å². The summed E-state index contributed by atoms with van der Waals surface area (Å²) in [7, 11) is 1.54. The van der Waals surface area contributed by atoms with Crippen LogP contribution in [0.1, 0.15) is 26.7 Å². The van der Waals surface area contributed by atoms with E-state index in [1.54, 1.807) is 0 Å². The Hall–Kier alpha value is -0.810. The second kappa shape index (κ2) is 9.42. The van der Waals surface area contributed by atoms with Gasteiger partial charge in [-0.25, -0.2) is 4.79 Å². The second-order valence-electron chi connectivity index (χ2n) is 4.26. The molecule has 0 aliphatic rings. The van der Waals surface area contributed by atoms with Crippen molar-refractivity contribution in [2.45, 2.75) is 32.8 Å². The SMILES string of the molecule is COCC(O)CCNC(=O)NCCC(C)C. The summed E-state index contributed by atoms with van der Waals surface area (Å²) >= 11 is 0. The van der Waals surface area contributed by atoms with Crippen LogP contribution in [0.5, 0.6) is 0 Å². The number of hydrogen-bond donors (Lipinski definition) is 3. The zero-order valence-electron chi connectivity index (χ0n) is 10.5. The van der Waals surface area contributed by atoms with Crippen molar-refractivity contribution in [1.29, 1.82) is 0 Å². The van der Waals surface area contributed by atoms with Crippen LogP contribution < -0.4 is 10.6 Å². The van der Waals surface area contributed by atoms with Gasteiger partial charge in [-0.05, 0) is 18.8 Å². The van der Waals surface area contributed by atoms with Crippen LogP contribution in [0.2, 0.25) is 0 Å². The van der Waals surface area contributed by atoms with Crippen molar-refractivity contribution in [3.8, 4) is 0 Å². The fourth-order valence-corrected chi connectivity index (χ4v) is 1.16. The highest BCUT2D eigenvalue weighted by Crippen LogP contribution is 1.96. The Labute approximate surface area is 97.6 Å². The molecule has 2 amide bonds. The summed E-state index contributed by atoms with van der Waals surface area (Å²) in [6.45, 7) is 5.67. The van der Waals surface area contributed by atoms with Gasteiger partial charge < -0.3 is 20.5 Å². The highest BCUT2D eigenvalue weighted by atomic mass is 16.5. The van der Waals surface area contributed by atoms with Crippen molar-refractivity contribution in [2.24, 2.45) is 5.92 Å². The number of aliphatic hydroxyl groups is 1. The Morgan fingerprint density at radius 3 is 2.31 bits per heavy atom. The molecule has 0 fully saturated rings. The zero-order chi connectivity index (χ0) is 12.4. The molecule has 0 aromatic heterocycles. The number of ether oxygens (including phenoxy) is 1. The van der Waals surface area contributed by atoms with E-state index in [2.05, 4.69) is 24.5 Å². The van der Waals surface area contributed by atoms with E-state index in [-0.39, 0.29) is 6.03 Å². The minimum absolute atomic E-state index is 0.176. The molecule has 0 aromatic rings. The van der Waals surface area contributed by atoms with Crippen molar-refractivity contribution < 1.29 is 14.6 Å². The van der Waals surface area contributed by atoms with Gasteiger partial charge in [0.25, 0.3) is 0 Å². The number of urea groups is 1. The van der Waals surface area contributed by atoms with Crippen LogP contribution in [0.15, 0.2) is 0 Å². The Kier molecular flexibility index (Phi) is 8.94. The Balaban J connectivity index is 3.36. The standard InChI is InChI=1S/C11H24N2O3/c1-9(2)4-6-12-11(15)13-7-5-10(14)8-16-3/h9-10,14H,4-8H2,1-3H3,(H2,12,13,15). The third-order valence-corrected chi connectivity index (χ3v) is 2.13. The predicted molar refractivity (Wildman–Crippen MR) is 63.4 cm³/mol. The number of carbonyl (C=O) groups is 1. The molecule has 0 rings (SSSR count). The van der Waals surface area contributed by atoms with Crippen molar-refractivity contribution in [3.63, 3.8) is 0 Å². The molecule has 5 nitrogen and oxygen atoms in total. The number of nitrogens with one attached hydrogen (secondary N) is 2. The van der Waals surface area contributed by atoms with E-state index < -0.39 is 6.10 Å². The highest BCUT2D eigenvalue weighted by molar-refractivity contribution is 5.73. The van der Waals surface area contributed by atoms with Crippen LogP contribution in [0.4, 0.5) is 4.79 Å². The molecule has 0 aromatic carbocycles. The Bertz CT molecular complexity index is 186. The maximum absolute atomic E-state index is 11.2. The quantitative estimate of drug-likeness (QED) is 0.578. The van der Waals surface area contributed by atoms with Crippen molar-refractivity contribution in [2.75, 3.05) is 26.8 Å². The summed E-state index contributed by atoms with van der Waals surface area (Å²) in [5.41, 5.74) is 0. The van der Waals surface area contributed by atoms with Gasteiger partial charge in [0.15, 0.2) is 0 Å². The summed E-state index contributed by atoms with van der Waals surface area (Å²) in [6.07, 6.45) is 0.964. The average Bonchev–Trinajstić information content (AvgIpc) is 2.17. The first-order chi connectivity index (χ1) is 7.56. The average molecular weight is 232 g/mol. The van der Waals surface area contributed by atoms with Gasteiger partial charge in [-0.3, -0.25) is 0 Å². The molecule has 5 heteroatoms. The maximum atomic E-state index is 11.2. The van der Waals surface area contributed by atoms with Gasteiger partial charge in [-0.15, -0.1) is 0 Å². The lowest BCUT2D eigenvalue weighted by Gasteiger charge is -2.11. The van der Waals surface area contributed by atoms with Gasteiger partial charge in [0.05, 0.1) is 12.7 Å². The van der Waals surface area contributed by atoms with E-state index in [0.29, 0.717) is 32.0 Å². The van der Waals surface area contributed by atoms with Crippen LogP contribution in [-0.4, -0.2) is 44.0 Å². The van der Waals surface area contributed by atoms with Gasteiger partial charge in [0, 0.05) is 20.2 Å². The number of carbonyl (C=O) groups excluding carboxylic acids is 1. The third-order valence-electron chi connectivity index (χ3n) is 2.13. The number of hydrogen-bond acceptors (Lipinski definition) is 3. The molecule has 0 spiro atoms. The van der Waals surface area contributed by atoms with Crippen LogP contribution >= 0.6 is 0 Å². The van der Waals surface area contributed by atoms with Crippen LogP contribution in [0.25, 0.3) is 0 Å². The molecule has 1 atom stereocenters. The molecule has 3 N–H and O–H groups in total. The number of rotatable bonds is 8. The third kappa shape index (κ3) is 9.73. The summed E-state index contributed by atoms with van der Waals surface area (Å²) in [5, 5.41) is 14.8. The molecule has 16 heavy (non-hydrogen) atoms. The molecule has 0 saturated carbocycles. The van der Waals surface area contributed by atoms with Gasteiger partial charge in [-0.1, -0.05) is 13.8 Å². The monoisotopic (exact) mass is 232 g/mol. The number of aliphatic hydroxyl groups excluding tert-OH is 1. The molecule has 1 unspecified atom stereocenters. The molecule has 0 aliphatic carbocycles. The molecule has 0 radical (unpaired) electrons. The molecule has 96 valence electrons. The molecule has 0 heterocycles.